The van der Waals surface area contributed by atoms with Crippen LogP contribution in [0.25, 0.3) is 0 Å². The summed E-state index contributed by atoms with van der Waals surface area (Å²) in [5, 5.41) is 0. The minimum atomic E-state index is -2.02. The van der Waals surface area contributed by atoms with E-state index in [0.29, 0.717) is 5.69 Å². The Morgan fingerprint density at radius 2 is 1.95 bits per heavy atom. The third-order valence-electron chi connectivity index (χ3n) is 2.42. The minimum absolute atomic E-state index is 0.158. The molecule has 0 aliphatic carbocycles. The van der Waals surface area contributed by atoms with Crippen LogP contribution in [0, 0.1) is 0 Å². The molecule has 0 saturated heterocycles. The maximum absolute atomic E-state index is 12.1. The number of carbonyl (C=O) groups excluding carboxylic acids is 1. The molecule has 0 saturated carbocycles. The van der Waals surface area contributed by atoms with E-state index in [1.165, 1.54) is 14.2 Å². The van der Waals surface area contributed by atoms with Gasteiger partial charge in [0.25, 0.3) is 0 Å². The van der Waals surface area contributed by atoms with Crippen LogP contribution in [0.3, 0.4) is 0 Å². The number of hydrogen-bond donors (Lipinski definition) is 0. The number of hydroxylamine groups is 2. The fourth-order valence-corrected chi connectivity index (χ4v) is 2.08. The van der Waals surface area contributed by atoms with Gasteiger partial charge in [0.1, 0.15) is 7.05 Å². The summed E-state index contributed by atoms with van der Waals surface area (Å²) in [4.78, 5) is 12.1. The largest absolute Gasteiger partial charge is 0.377 e. The predicted molar refractivity (Wildman–Crippen MR) is 71.9 cm³/mol. The lowest BCUT2D eigenvalue weighted by Gasteiger charge is -2.25. The molecule has 0 spiro atoms. The molecule has 0 radical (unpaired) electrons. The Morgan fingerprint density at radius 3 is 2.47 bits per heavy atom. The Labute approximate surface area is 115 Å². The molecule has 1 aromatic rings. The molecule has 19 heavy (non-hydrogen) atoms. The van der Waals surface area contributed by atoms with Crippen LogP contribution in [0.5, 0.6) is 0 Å². The van der Waals surface area contributed by atoms with Crippen LogP contribution >= 0.6 is 0 Å². The molecule has 0 heterocycles. The Morgan fingerprint density at radius 1 is 1.32 bits per heavy atom. The number of para-hydroxylation sites is 1. The summed E-state index contributed by atoms with van der Waals surface area (Å²) in [7, 11) is 2.90. The van der Waals surface area contributed by atoms with Gasteiger partial charge in [-0.2, -0.15) is 4.21 Å². The Bertz CT molecular complexity index is 439. The van der Waals surface area contributed by atoms with Crippen molar-refractivity contribution < 1.29 is 22.2 Å². The van der Waals surface area contributed by atoms with E-state index in [4.69, 9.17) is 13.2 Å². The molecule has 7 heteroatoms. The quantitative estimate of drug-likeness (QED) is 0.560. The first kappa shape index (κ1) is 15.9. The zero-order valence-electron chi connectivity index (χ0n) is 11.2. The van der Waals surface area contributed by atoms with Gasteiger partial charge in [0.05, 0.1) is 6.61 Å². The predicted octanol–water partition coefficient (Wildman–Crippen LogP) is 1.34. The first-order chi connectivity index (χ1) is 9.04. The van der Waals surface area contributed by atoms with Gasteiger partial charge in [-0.1, -0.05) is 27.1 Å². The molecule has 0 fully saturated rings. The molecule has 2 unspecified atom stereocenters. The highest BCUT2D eigenvalue weighted by Crippen LogP contribution is 2.23. The molecule has 0 aliphatic rings. The standard InChI is InChI=1S/C12H18NO5S/c1-4-17-19(15)18-13(2,12(14)10-16-3)11-8-6-5-7-9-11/h5-9H,4,10H2,1-3H3/q+1. The Hall–Kier alpha value is -1.12. The third-order valence-corrected chi connectivity index (χ3v) is 3.26. The first-order valence-electron chi connectivity index (χ1n) is 5.74. The van der Waals surface area contributed by atoms with Gasteiger partial charge in [0.2, 0.25) is 0 Å². The van der Waals surface area contributed by atoms with Gasteiger partial charge in [0.15, 0.2) is 12.3 Å². The number of hydrogen-bond acceptors (Lipinski definition) is 5. The van der Waals surface area contributed by atoms with Gasteiger partial charge >= 0.3 is 17.3 Å². The SMILES string of the molecule is CCOS(=O)O[N+](C)(C(=O)COC)c1ccccc1. The zero-order chi connectivity index (χ0) is 14.3. The zero-order valence-corrected chi connectivity index (χ0v) is 12.0. The lowest BCUT2D eigenvalue weighted by atomic mass is 10.3. The number of ether oxygens (including phenoxy) is 1. The molecule has 0 aliphatic heterocycles. The van der Waals surface area contributed by atoms with Crippen LogP contribution in [0.2, 0.25) is 0 Å². The van der Waals surface area contributed by atoms with Crippen molar-refractivity contribution in [3.8, 4) is 0 Å². The number of quaternary nitrogens is 1. The van der Waals surface area contributed by atoms with Crippen LogP contribution < -0.4 is 4.65 Å². The van der Waals surface area contributed by atoms with Crippen molar-refractivity contribution in [3.05, 3.63) is 30.3 Å². The molecule has 106 valence electrons. The summed E-state index contributed by atoms with van der Waals surface area (Å²) in [6.07, 6.45) is 0. The molecule has 6 nitrogen and oxygen atoms in total. The molecule has 1 amide bonds. The number of likely N-dealkylation sites (N-methyl/N-ethyl adjacent to an activating group) is 1. The van der Waals surface area contributed by atoms with Crippen molar-refractivity contribution in [1.82, 2.24) is 4.65 Å². The van der Waals surface area contributed by atoms with E-state index >= 15 is 0 Å². The minimum Gasteiger partial charge on any atom is -0.370 e. The maximum atomic E-state index is 12.1. The topological polar surface area (TPSA) is 61.8 Å². The number of rotatable bonds is 7. The molecule has 1 aromatic carbocycles. The lowest BCUT2D eigenvalue weighted by Crippen LogP contribution is -2.52. The molecule has 0 aromatic heterocycles. The highest BCUT2D eigenvalue weighted by molar-refractivity contribution is 7.75. The van der Waals surface area contributed by atoms with Crippen molar-refractivity contribution in [3.63, 3.8) is 0 Å². The van der Waals surface area contributed by atoms with E-state index in [1.54, 1.807) is 31.2 Å². The molecular weight excluding hydrogens is 270 g/mol. The average Bonchev–Trinajstić information content (AvgIpc) is 2.40. The summed E-state index contributed by atoms with van der Waals surface area (Å²) >= 11 is -2.02. The van der Waals surface area contributed by atoms with Crippen LogP contribution in [-0.2, 0) is 29.4 Å². The van der Waals surface area contributed by atoms with Gasteiger partial charge in [-0.25, -0.2) is 4.79 Å². The van der Waals surface area contributed by atoms with E-state index in [0.717, 1.165) is 0 Å². The normalized spacial score (nSPS) is 15.7. The smallest absolute Gasteiger partial charge is 0.370 e. The van der Waals surface area contributed by atoms with Crippen molar-refractivity contribution in [1.29, 1.82) is 0 Å². The molecule has 1 rings (SSSR count). The van der Waals surface area contributed by atoms with Crippen LogP contribution in [-0.4, -0.2) is 37.5 Å². The van der Waals surface area contributed by atoms with Crippen LogP contribution in [0.4, 0.5) is 5.69 Å². The van der Waals surface area contributed by atoms with Gasteiger partial charge in [-0.15, -0.1) is 0 Å². The van der Waals surface area contributed by atoms with E-state index in [2.05, 4.69) is 0 Å². The van der Waals surface area contributed by atoms with Gasteiger partial charge in [0, 0.05) is 19.2 Å². The number of benzene rings is 1. The molecule has 2 atom stereocenters. The highest BCUT2D eigenvalue weighted by Gasteiger charge is 2.40. The van der Waals surface area contributed by atoms with E-state index in [-0.39, 0.29) is 19.1 Å². The molecule has 0 bridgehead atoms. The van der Waals surface area contributed by atoms with E-state index in [1.807, 2.05) is 6.07 Å². The molecule has 0 N–H and O–H groups in total. The van der Waals surface area contributed by atoms with Gasteiger partial charge < -0.3 is 4.74 Å². The summed E-state index contributed by atoms with van der Waals surface area (Å²) < 4.78 is 25.9. The second kappa shape index (κ2) is 7.46. The number of nitrogens with zero attached hydrogens (tertiary/aromatic N) is 1. The van der Waals surface area contributed by atoms with Crippen molar-refractivity contribution in [2.75, 3.05) is 27.4 Å². The van der Waals surface area contributed by atoms with Gasteiger partial charge in [-0.3, -0.25) is 4.18 Å². The summed E-state index contributed by atoms with van der Waals surface area (Å²) in [6.45, 7) is 1.75. The second-order valence-electron chi connectivity index (χ2n) is 3.77. The number of amides is 1. The maximum Gasteiger partial charge on any atom is 0.377 e. The van der Waals surface area contributed by atoms with Gasteiger partial charge in [-0.05, 0) is 6.92 Å². The number of methoxy groups -OCH3 is 1. The van der Waals surface area contributed by atoms with E-state index in [9.17, 15) is 9.00 Å². The first-order valence-corrected chi connectivity index (χ1v) is 6.74. The monoisotopic (exact) mass is 288 g/mol. The lowest BCUT2D eigenvalue weighted by molar-refractivity contribution is -0.153. The second-order valence-corrected chi connectivity index (χ2v) is 4.56. The fourth-order valence-electron chi connectivity index (χ4n) is 1.43. The summed E-state index contributed by atoms with van der Waals surface area (Å²) in [6, 6.07) is 8.75. The van der Waals surface area contributed by atoms with Crippen LogP contribution in [0.1, 0.15) is 6.92 Å². The van der Waals surface area contributed by atoms with E-state index < -0.39 is 16.0 Å². The average molecular weight is 288 g/mol. The van der Waals surface area contributed by atoms with Crippen molar-refractivity contribution >= 4 is 23.0 Å². The van der Waals surface area contributed by atoms with Crippen LogP contribution in [0.15, 0.2) is 30.3 Å². The highest BCUT2D eigenvalue weighted by atomic mass is 32.2. The fraction of sp³-hybridized carbons (Fsp3) is 0.417. The third kappa shape index (κ3) is 4.19. The van der Waals surface area contributed by atoms with Crippen molar-refractivity contribution in [2.45, 2.75) is 6.92 Å². The summed E-state index contributed by atoms with van der Waals surface area (Å²) in [5.41, 5.74) is 0.539. The summed E-state index contributed by atoms with van der Waals surface area (Å²) in [5.74, 6) is -0.387. The van der Waals surface area contributed by atoms with Crippen molar-refractivity contribution in [2.24, 2.45) is 0 Å². The Kier molecular flexibility index (Phi) is 6.26. The Balaban J connectivity index is 3.03. The molecular formula is C12H18NO5S+. The number of carbonyl (C=O) groups is 1.